The van der Waals surface area contributed by atoms with Gasteiger partial charge in [-0.2, -0.15) is 13.2 Å². The maximum absolute atomic E-state index is 12.1. The molecule has 0 aliphatic heterocycles. The Bertz CT molecular complexity index is 379. The van der Waals surface area contributed by atoms with Gasteiger partial charge >= 0.3 is 6.18 Å². The van der Waals surface area contributed by atoms with E-state index < -0.39 is 18.6 Å². The number of hydrogen-bond acceptors (Lipinski definition) is 1. The molecule has 0 spiro atoms. The molecule has 1 unspecified atom stereocenters. The zero-order chi connectivity index (χ0) is 13.2. The van der Waals surface area contributed by atoms with Crippen molar-refractivity contribution in [2.75, 3.05) is 0 Å². The van der Waals surface area contributed by atoms with Crippen molar-refractivity contribution in [3.63, 3.8) is 0 Å². The molecule has 1 atom stereocenters. The van der Waals surface area contributed by atoms with Crippen molar-refractivity contribution in [1.82, 2.24) is 5.32 Å². The molecule has 1 aromatic carbocycles. The van der Waals surface area contributed by atoms with E-state index in [-0.39, 0.29) is 0 Å². The van der Waals surface area contributed by atoms with Crippen LogP contribution in [0.25, 0.3) is 0 Å². The SMILES string of the molecule is CC(CC(F)(F)F)NCc1ccc(C2CC2)cc1. The van der Waals surface area contributed by atoms with Gasteiger partial charge in [0.15, 0.2) is 0 Å². The van der Waals surface area contributed by atoms with E-state index in [1.165, 1.54) is 18.4 Å². The number of alkyl halides is 3. The van der Waals surface area contributed by atoms with E-state index in [1.807, 2.05) is 12.1 Å². The molecule has 1 N–H and O–H groups in total. The van der Waals surface area contributed by atoms with Crippen LogP contribution < -0.4 is 5.32 Å². The quantitative estimate of drug-likeness (QED) is 0.840. The third-order valence-electron chi connectivity index (χ3n) is 3.22. The second-order valence-corrected chi connectivity index (χ2v) is 5.12. The van der Waals surface area contributed by atoms with Gasteiger partial charge < -0.3 is 5.32 Å². The Hall–Kier alpha value is -1.03. The van der Waals surface area contributed by atoms with Crippen LogP contribution in [0.2, 0.25) is 0 Å². The minimum Gasteiger partial charge on any atom is -0.310 e. The van der Waals surface area contributed by atoms with Crippen molar-refractivity contribution in [2.24, 2.45) is 0 Å². The molecule has 1 aliphatic rings. The van der Waals surface area contributed by atoms with Gasteiger partial charge in [0.1, 0.15) is 0 Å². The summed E-state index contributed by atoms with van der Waals surface area (Å²) in [6.45, 7) is 2.05. The first-order valence-electron chi connectivity index (χ1n) is 6.33. The molecule has 0 bridgehead atoms. The zero-order valence-electron chi connectivity index (χ0n) is 10.4. The smallest absolute Gasteiger partial charge is 0.310 e. The minimum absolute atomic E-state index is 0.488. The maximum Gasteiger partial charge on any atom is 0.390 e. The average Bonchev–Trinajstić information content (AvgIpc) is 3.08. The molecular weight excluding hydrogens is 239 g/mol. The molecule has 1 fully saturated rings. The highest BCUT2D eigenvalue weighted by atomic mass is 19.4. The molecule has 18 heavy (non-hydrogen) atoms. The second kappa shape index (κ2) is 5.31. The molecule has 1 aromatic rings. The topological polar surface area (TPSA) is 12.0 Å². The third kappa shape index (κ3) is 4.33. The Morgan fingerprint density at radius 2 is 1.83 bits per heavy atom. The summed E-state index contributed by atoms with van der Waals surface area (Å²) in [6.07, 6.45) is -2.35. The Morgan fingerprint density at radius 1 is 1.22 bits per heavy atom. The highest BCUT2D eigenvalue weighted by Gasteiger charge is 2.29. The van der Waals surface area contributed by atoms with Crippen molar-refractivity contribution in [3.05, 3.63) is 35.4 Å². The summed E-state index contributed by atoms with van der Waals surface area (Å²) in [6, 6.07) is 7.63. The van der Waals surface area contributed by atoms with Gasteiger partial charge in [-0.1, -0.05) is 24.3 Å². The molecule has 100 valence electrons. The van der Waals surface area contributed by atoms with Crippen LogP contribution in [0.1, 0.15) is 43.2 Å². The fraction of sp³-hybridized carbons (Fsp3) is 0.571. The first-order chi connectivity index (χ1) is 8.44. The van der Waals surface area contributed by atoms with Crippen LogP contribution in [0.15, 0.2) is 24.3 Å². The second-order valence-electron chi connectivity index (χ2n) is 5.12. The van der Waals surface area contributed by atoms with Crippen LogP contribution in [-0.4, -0.2) is 12.2 Å². The number of rotatable bonds is 5. The number of halogens is 3. The molecule has 1 saturated carbocycles. The fourth-order valence-corrected chi connectivity index (χ4v) is 2.04. The Labute approximate surface area is 105 Å². The number of hydrogen-bond donors (Lipinski definition) is 1. The van der Waals surface area contributed by atoms with Gasteiger partial charge in [0, 0.05) is 12.6 Å². The molecule has 0 heterocycles. The van der Waals surface area contributed by atoms with Crippen LogP contribution in [0.3, 0.4) is 0 Å². The molecule has 0 aromatic heterocycles. The lowest BCUT2D eigenvalue weighted by Gasteiger charge is -2.15. The molecular formula is C14H18F3N. The third-order valence-corrected chi connectivity index (χ3v) is 3.22. The van der Waals surface area contributed by atoms with E-state index in [4.69, 9.17) is 0 Å². The predicted molar refractivity (Wildman–Crippen MR) is 65.4 cm³/mol. The molecule has 0 radical (unpaired) electrons. The number of nitrogens with one attached hydrogen (secondary N) is 1. The standard InChI is InChI=1S/C14H18F3N/c1-10(8-14(15,16)17)18-9-11-2-4-12(5-3-11)13-6-7-13/h2-5,10,13,18H,6-9H2,1H3. The fourth-order valence-electron chi connectivity index (χ4n) is 2.04. The van der Waals surface area contributed by atoms with Crippen LogP contribution in [0, 0.1) is 0 Å². The van der Waals surface area contributed by atoms with Crippen LogP contribution in [-0.2, 0) is 6.54 Å². The average molecular weight is 257 g/mol. The maximum atomic E-state index is 12.1. The van der Waals surface area contributed by atoms with Gasteiger partial charge in [0.05, 0.1) is 6.42 Å². The van der Waals surface area contributed by atoms with Gasteiger partial charge in [0.2, 0.25) is 0 Å². The molecule has 0 saturated heterocycles. The Balaban J connectivity index is 1.78. The normalized spacial score (nSPS) is 17.8. The van der Waals surface area contributed by atoms with Crippen LogP contribution in [0.5, 0.6) is 0 Å². The Kier molecular flexibility index (Phi) is 3.95. The van der Waals surface area contributed by atoms with Crippen molar-refractivity contribution in [2.45, 2.75) is 50.9 Å². The van der Waals surface area contributed by atoms with Gasteiger partial charge in [-0.15, -0.1) is 0 Å². The van der Waals surface area contributed by atoms with Gasteiger partial charge in [-0.25, -0.2) is 0 Å². The lowest BCUT2D eigenvalue weighted by Crippen LogP contribution is -2.30. The van der Waals surface area contributed by atoms with Crippen molar-refractivity contribution in [3.8, 4) is 0 Å². The van der Waals surface area contributed by atoms with Gasteiger partial charge in [-0.05, 0) is 36.8 Å². The van der Waals surface area contributed by atoms with E-state index >= 15 is 0 Å². The summed E-state index contributed by atoms with van der Waals surface area (Å²) in [5, 5.41) is 2.90. The first-order valence-corrected chi connectivity index (χ1v) is 6.33. The zero-order valence-corrected chi connectivity index (χ0v) is 10.4. The van der Waals surface area contributed by atoms with E-state index in [9.17, 15) is 13.2 Å². The Morgan fingerprint density at radius 3 is 2.33 bits per heavy atom. The summed E-state index contributed by atoms with van der Waals surface area (Å²) < 4.78 is 36.4. The van der Waals surface area contributed by atoms with Crippen molar-refractivity contribution >= 4 is 0 Å². The molecule has 0 amide bonds. The molecule has 2 rings (SSSR count). The van der Waals surface area contributed by atoms with Crippen LogP contribution >= 0.6 is 0 Å². The van der Waals surface area contributed by atoms with E-state index in [0.29, 0.717) is 6.54 Å². The van der Waals surface area contributed by atoms with Gasteiger partial charge in [0.25, 0.3) is 0 Å². The summed E-state index contributed by atoms with van der Waals surface area (Å²) >= 11 is 0. The van der Waals surface area contributed by atoms with E-state index in [0.717, 1.165) is 11.5 Å². The highest BCUT2D eigenvalue weighted by Crippen LogP contribution is 2.39. The highest BCUT2D eigenvalue weighted by molar-refractivity contribution is 5.27. The summed E-state index contributed by atoms with van der Waals surface area (Å²) in [4.78, 5) is 0. The van der Waals surface area contributed by atoms with Crippen molar-refractivity contribution in [1.29, 1.82) is 0 Å². The summed E-state index contributed by atoms with van der Waals surface area (Å²) in [7, 11) is 0. The molecule has 4 heteroatoms. The van der Waals surface area contributed by atoms with E-state index in [1.54, 1.807) is 6.92 Å². The van der Waals surface area contributed by atoms with Gasteiger partial charge in [-0.3, -0.25) is 0 Å². The predicted octanol–water partition coefficient (Wildman–Crippen LogP) is 3.99. The lowest BCUT2D eigenvalue weighted by atomic mass is 10.1. The summed E-state index contributed by atoms with van der Waals surface area (Å²) in [5.41, 5.74) is 2.38. The largest absolute Gasteiger partial charge is 0.390 e. The number of benzene rings is 1. The monoisotopic (exact) mass is 257 g/mol. The lowest BCUT2D eigenvalue weighted by molar-refractivity contribution is -0.139. The minimum atomic E-state index is -4.09. The molecule has 1 aliphatic carbocycles. The van der Waals surface area contributed by atoms with Crippen molar-refractivity contribution < 1.29 is 13.2 Å². The molecule has 1 nitrogen and oxygen atoms in total. The summed E-state index contributed by atoms with van der Waals surface area (Å²) in [5.74, 6) is 0.719. The van der Waals surface area contributed by atoms with Crippen LogP contribution in [0.4, 0.5) is 13.2 Å². The van der Waals surface area contributed by atoms with E-state index in [2.05, 4.69) is 17.4 Å². The first kappa shape index (κ1) is 13.4.